The average molecular weight is 435 g/mol. The molecular formula is C25H35ClO4. The molecule has 0 aliphatic heterocycles. The van der Waals surface area contributed by atoms with Crippen LogP contribution in [0.2, 0.25) is 5.02 Å². The molecule has 4 nitrogen and oxygen atoms in total. The summed E-state index contributed by atoms with van der Waals surface area (Å²) in [5.74, 6) is 0.900. The molecule has 1 aliphatic rings. The van der Waals surface area contributed by atoms with Gasteiger partial charge < -0.3 is 14.9 Å². The zero-order valence-corrected chi connectivity index (χ0v) is 19.9. The molecule has 0 saturated heterocycles. The van der Waals surface area contributed by atoms with Crippen molar-refractivity contribution in [3.63, 3.8) is 0 Å². The maximum absolute atomic E-state index is 11.4. The van der Waals surface area contributed by atoms with Gasteiger partial charge in [0, 0.05) is 5.56 Å². The Morgan fingerprint density at radius 2 is 1.97 bits per heavy atom. The van der Waals surface area contributed by atoms with E-state index in [1.165, 1.54) is 7.11 Å². The number of benzene rings is 1. The average Bonchev–Trinajstić information content (AvgIpc) is 2.70. The summed E-state index contributed by atoms with van der Waals surface area (Å²) in [5, 5.41) is 21.7. The lowest BCUT2D eigenvalue weighted by atomic mass is 9.57. The van der Waals surface area contributed by atoms with Gasteiger partial charge in [-0.1, -0.05) is 56.2 Å². The molecule has 5 heteroatoms. The van der Waals surface area contributed by atoms with E-state index in [1.54, 1.807) is 6.92 Å². The van der Waals surface area contributed by atoms with Crippen LogP contribution in [-0.4, -0.2) is 29.2 Å². The van der Waals surface area contributed by atoms with Crippen LogP contribution in [0.5, 0.6) is 11.5 Å². The number of aliphatic hydroxyl groups is 1. The van der Waals surface area contributed by atoms with Gasteiger partial charge in [0.25, 0.3) is 0 Å². The number of hydrogen-bond donors (Lipinski definition) is 2. The zero-order valence-electron chi connectivity index (χ0n) is 19.2. The highest BCUT2D eigenvalue weighted by Crippen LogP contribution is 2.50. The van der Waals surface area contributed by atoms with E-state index < -0.39 is 5.60 Å². The molecule has 1 aromatic carbocycles. The highest BCUT2D eigenvalue weighted by atomic mass is 35.5. The molecule has 0 bridgehead atoms. The Morgan fingerprint density at radius 3 is 2.53 bits per heavy atom. The molecule has 0 radical (unpaired) electrons. The molecule has 1 aromatic rings. The molecule has 1 saturated carbocycles. The molecule has 1 aliphatic carbocycles. The van der Waals surface area contributed by atoms with Gasteiger partial charge in [0.2, 0.25) is 0 Å². The number of carbonyl (C=O) groups excluding carboxylic acids is 1. The topological polar surface area (TPSA) is 66.8 Å². The number of allylic oxidation sites excluding steroid dienone is 4. The minimum absolute atomic E-state index is 0.0886. The summed E-state index contributed by atoms with van der Waals surface area (Å²) in [6, 6.07) is 0. The predicted octanol–water partition coefficient (Wildman–Crippen LogP) is 6.04. The molecule has 2 rings (SSSR count). The number of phenols is 1. The Morgan fingerprint density at radius 1 is 1.33 bits per heavy atom. The first-order valence-electron chi connectivity index (χ1n) is 10.5. The van der Waals surface area contributed by atoms with Crippen LogP contribution in [0.3, 0.4) is 0 Å². The highest BCUT2D eigenvalue weighted by molar-refractivity contribution is 6.33. The fraction of sp³-hybridized carbons (Fsp3) is 0.560. The van der Waals surface area contributed by atoms with Crippen molar-refractivity contribution in [3.8, 4) is 11.5 Å². The first-order valence-corrected chi connectivity index (χ1v) is 10.9. The fourth-order valence-corrected chi connectivity index (χ4v) is 4.79. The van der Waals surface area contributed by atoms with Gasteiger partial charge >= 0.3 is 0 Å². The summed E-state index contributed by atoms with van der Waals surface area (Å²) in [5.41, 5.74) is 1.42. The normalized spacial score (nSPS) is 30.0. The van der Waals surface area contributed by atoms with Gasteiger partial charge in [-0.2, -0.15) is 0 Å². The van der Waals surface area contributed by atoms with Crippen molar-refractivity contribution >= 4 is 17.9 Å². The Labute approximate surface area is 185 Å². The van der Waals surface area contributed by atoms with E-state index in [0.717, 1.165) is 18.4 Å². The molecule has 0 heterocycles. The van der Waals surface area contributed by atoms with Crippen LogP contribution in [-0.2, 0) is 6.42 Å². The lowest BCUT2D eigenvalue weighted by Crippen LogP contribution is -2.49. The van der Waals surface area contributed by atoms with Gasteiger partial charge in [-0.25, -0.2) is 0 Å². The van der Waals surface area contributed by atoms with E-state index in [9.17, 15) is 15.0 Å². The third-order valence-electron chi connectivity index (χ3n) is 7.41. The first kappa shape index (κ1) is 24.5. The predicted molar refractivity (Wildman–Crippen MR) is 123 cm³/mol. The van der Waals surface area contributed by atoms with Crippen molar-refractivity contribution in [2.75, 3.05) is 7.11 Å². The number of carbonyl (C=O) groups is 1. The van der Waals surface area contributed by atoms with E-state index in [2.05, 4.69) is 32.9 Å². The van der Waals surface area contributed by atoms with Crippen molar-refractivity contribution in [2.24, 2.45) is 17.3 Å². The van der Waals surface area contributed by atoms with Gasteiger partial charge in [-0.3, -0.25) is 4.79 Å². The lowest BCUT2D eigenvalue weighted by Gasteiger charge is -2.50. The SMILES string of the molecule is COc1c(Cl)c(C)c(C=O)c(O)c1C/C=C(C)/C=C/[C@@]1(C)[C@H](C)CCC(C)(O)[C@@H]1C. The minimum atomic E-state index is -0.674. The first-order chi connectivity index (χ1) is 13.9. The summed E-state index contributed by atoms with van der Waals surface area (Å²) in [6.45, 7) is 12.2. The number of methoxy groups -OCH3 is 1. The van der Waals surface area contributed by atoms with Gasteiger partial charge in [0.15, 0.2) is 6.29 Å². The number of halogens is 1. The number of ether oxygens (including phenoxy) is 1. The van der Waals surface area contributed by atoms with Crippen molar-refractivity contribution in [3.05, 3.63) is 45.5 Å². The van der Waals surface area contributed by atoms with Crippen LogP contribution in [0.1, 0.15) is 68.9 Å². The lowest BCUT2D eigenvalue weighted by molar-refractivity contribution is -0.0915. The van der Waals surface area contributed by atoms with Crippen LogP contribution in [0.15, 0.2) is 23.8 Å². The standard InChI is InChI=1S/C25H35ClO4/c1-15(10-12-24(5)16(2)11-13-25(6,29)18(24)4)8-9-19-22(28)20(14-27)17(3)21(26)23(19)30-7/h8,10,12,14,16,18,28-29H,9,11,13H2,1-7H3/b12-10+,15-8+/t16-,18-,24+,25?/m1/s1. The molecular weight excluding hydrogens is 400 g/mol. The quantitative estimate of drug-likeness (QED) is 0.422. The zero-order chi connectivity index (χ0) is 22.9. The summed E-state index contributed by atoms with van der Waals surface area (Å²) in [7, 11) is 1.50. The molecule has 4 atom stereocenters. The van der Waals surface area contributed by atoms with E-state index >= 15 is 0 Å². The Balaban J connectivity index is 2.34. The van der Waals surface area contributed by atoms with Crippen LogP contribution in [0.25, 0.3) is 0 Å². The number of hydrogen-bond acceptors (Lipinski definition) is 4. The van der Waals surface area contributed by atoms with Gasteiger partial charge in [-0.15, -0.1) is 0 Å². The van der Waals surface area contributed by atoms with Crippen molar-refractivity contribution in [1.29, 1.82) is 0 Å². The monoisotopic (exact) mass is 434 g/mol. The number of aromatic hydroxyl groups is 1. The Hall–Kier alpha value is -1.78. The second kappa shape index (κ2) is 9.15. The van der Waals surface area contributed by atoms with E-state index in [-0.39, 0.29) is 22.6 Å². The Bertz CT molecular complexity index is 869. The number of aldehydes is 1. The number of rotatable bonds is 6. The highest BCUT2D eigenvalue weighted by Gasteiger charge is 2.47. The smallest absolute Gasteiger partial charge is 0.154 e. The second-order valence-electron chi connectivity index (χ2n) is 9.20. The molecule has 0 amide bonds. The van der Waals surface area contributed by atoms with E-state index in [1.807, 2.05) is 19.9 Å². The number of phenolic OH excluding ortho intramolecular Hbond substituents is 1. The molecule has 30 heavy (non-hydrogen) atoms. The van der Waals surface area contributed by atoms with Crippen LogP contribution >= 0.6 is 11.6 Å². The molecule has 0 aromatic heterocycles. The van der Waals surface area contributed by atoms with Crippen molar-refractivity contribution < 1.29 is 19.7 Å². The maximum Gasteiger partial charge on any atom is 0.154 e. The summed E-state index contributed by atoms with van der Waals surface area (Å²) < 4.78 is 5.41. The van der Waals surface area contributed by atoms with E-state index in [0.29, 0.717) is 40.5 Å². The Kier molecular flexibility index (Phi) is 7.47. The third kappa shape index (κ3) is 4.45. The van der Waals surface area contributed by atoms with Gasteiger partial charge in [0.1, 0.15) is 11.5 Å². The van der Waals surface area contributed by atoms with E-state index in [4.69, 9.17) is 16.3 Å². The van der Waals surface area contributed by atoms with Gasteiger partial charge in [0.05, 0.1) is 23.3 Å². The summed E-state index contributed by atoms with van der Waals surface area (Å²) in [6.07, 6.45) is 9.07. The van der Waals surface area contributed by atoms with Crippen molar-refractivity contribution in [2.45, 2.75) is 66.4 Å². The molecule has 0 spiro atoms. The van der Waals surface area contributed by atoms with Crippen molar-refractivity contribution in [1.82, 2.24) is 0 Å². The minimum Gasteiger partial charge on any atom is -0.507 e. The molecule has 2 N–H and O–H groups in total. The van der Waals surface area contributed by atoms with Crippen LogP contribution in [0, 0.1) is 24.2 Å². The molecule has 1 fully saturated rings. The summed E-state index contributed by atoms with van der Waals surface area (Å²) in [4.78, 5) is 11.4. The fourth-order valence-electron chi connectivity index (χ4n) is 4.50. The second-order valence-corrected chi connectivity index (χ2v) is 9.58. The van der Waals surface area contributed by atoms with Crippen LogP contribution in [0.4, 0.5) is 0 Å². The van der Waals surface area contributed by atoms with Gasteiger partial charge in [-0.05, 0) is 62.8 Å². The maximum atomic E-state index is 11.4. The summed E-state index contributed by atoms with van der Waals surface area (Å²) >= 11 is 6.36. The molecule has 166 valence electrons. The van der Waals surface area contributed by atoms with Crippen LogP contribution < -0.4 is 4.74 Å². The molecule has 1 unspecified atom stereocenters. The largest absolute Gasteiger partial charge is 0.507 e. The third-order valence-corrected chi connectivity index (χ3v) is 7.87.